The molecule has 110 valence electrons. The normalized spacial score (nSPS) is 10.2. The van der Waals surface area contributed by atoms with Gasteiger partial charge in [-0.05, 0) is 48.9 Å². The van der Waals surface area contributed by atoms with E-state index in [1.165, 1.54) is 12.1 Å². The first-order valence-corrected chi connectivity index (χ1v) is 6.77. The van der Waals surface area contributed by atoms with Crippen molar-refractivity contribution in [1.29, 1.82) is 0 Å². The summed E-state index contributed by atoms with van der Waals surface area (Å²) in [6.45, 7) is 2.08. The Balaban J connectivity index is 2.22. The van der Waals surface area contributed by atoms with Gasteiger partial charge in [0.25, 0.3) is 0 Å². The largest absolute Gasteiger partial charge is 0.496 e. The lowest BCUT2D eigenvalue weighted by atomic mass is 10.1. The fraction of sp³-hybridized carbons (Fsp3) is 0.188. The molecule has 0 aliphatic rings. The maximum Gasteiger partial charge on any atom is 0.125 e. The molecule has 0 aromatic heterocycles. The van der Waals surface area contributed by atoms with E-state index >= 15 is 0 Å². The maximum atomic E-state index is 13.1. The lowest BCUT2D eigenvalue weighted by Crippen LogP contribution is -2.10. The van der Waals surface area contributed by atoms with Gasteiger partial charge in [-0.25, -0.2) is 4.39 Å². The Labute approximate surface area is 128 Å². The number of halogens is 1. The molecule has 21 heavy (non-hydrogen) atoms. The van der Waals surface area contributed by atoms with Crippen LogP contribution in [-0.4, -0.2) is 12.1 Å². The van der Waals surface area contributed by atoms with E-state index < -0.39 is 0 Å². The zero-order chi connectivity index (χ0) is 15.4. The molecule has 0 radical (unpaired) electrons. The van der Waals surface area contributed by atoms with Gasteiger partial charge in [-0.2, -0.15) is 0 Å². The molecule has 0 aliphatic carbocycles. The first-order valence-electron chi connectivity index (χ1n) is 6.37. The standard InChI is InChI=1S/C16H16FNO2S/c1-10-7-13(17)4-6-14(10)20-9-12-8-11(16(18)21)3-5-15(12)19-2/h3-8H,9H2,1-2H3,(H2,18,21). The van der Waals surface area contributed by atoms with Crippen molar-refractivity contribution in [3.63, 3.8) is 0 Å². The molecule has 0 aliphatic heterocycles. The van der Waals surface area contributed by atoms with Crippen LogP contribution in [0.3, 0.4) is 0 Å². The van der Waals surface area contributed by atoms with Gasteiger partial charge in [0.1, 0.15) is 28.9 Å². The van der Waals surface area contributed by atoms with Crippen molar-refractivity contribution in [2.45, 2.75) is 13.5 Å². The van der Waals surface area contributed by atoms with Crippen molar-refractivity contribution in [3.8, 4) is 11.5 Å². The summed E-state index contributed by atoms with van der Waals surface area (Å²) in [4.78, 5) is 0.317. The number of hydrogen-bond acceptors (Lipinski definition) is 3. The second-order valence-electron chi connectivity index (χ2n) is 4.59. The van der Waals surface area contributed by atoms with E-state index in [-0.39, 0.29) is 12.4 Å². The number of methoxy groups -OCH3 is 1. The predicted molar refractivity (Wildman–Crippen MR) is 84.4 cm³/mol. The molecule has 3 nitrogen and oxygen atoms in total. The van der Waals surface area contributed by atoms with Gasteiger partial charge in [-0.3, -0.25) is 0 Å². The van der Waals surface area contributed by atoms with Crippen LogP contribution in [0.4, 0.5) is 4.39 Å². The van der Waals surface area contributed by atoms with E-state index in [9.17, 15) is 4.39 Å². The van der Waals surface area contributed by atoms with Crippen molar-refractivity contribution in [1.82, 2.24) is 0 Å². The van der Waals surface area contributed by atoms with E-state index in [1.54, 1.807) is 32.2 Å². The molecule has 0 saturated heterocycles. The van der Waals surface area contributed by atoms with Crippen molar-refractivity contribution < 1.29 is 13.9 Å². The molecule has 2 rings (SSSR count). The molecular formula is C16H16FNO2S. The Morgan fingerprint density at radius 2 is 1.90 bits per heavy atom. The van der Waals surface area contributed by atoms with E-state index in [0.29, 0.717) is 16.5 Å². The maximum absolute atomic E-state index is 13.1. The number of benzene rings is 2. The fourth-order valence-electron chi connectivity index (χ4n) is 1.97. The van der Waals surface area contributed by atoms with Crippen molar-refractivity contribution >= 4 is 17.2 Å². The number of nitrogens with two attached hydrogens (primary N) is 1. The zero-order valence-corrected chi connectivity index (χ0v) is 12.7. The van der Waals surface area contributed by atoms with Gasteiger partial charge < -0.3 is 15.2 Å². The minimum absolute atomic E-state index is 0.284. The van der Waals surface area contributed by atoms with Crippen LogP contribution in [0.15, 0.2) is 36.4 Å². The quantitative estimate of drug-likeness (QED) is 0.860. The van der Waals surface area contributed by atoms with Crippen LogP contribution < -0.4 is 15.2 Å². The van der Waals surface area contributed by atoms with Crippen LogP contribution in [0.1, 0.15) is 16.7 Å². The zero-order valence-electron chi connectivity index (χ0n) is 11.9. The second-order valence-corrected chi connectivity index (χ2v) is 5.03. The molecule has 0 heterocycles. The summed E-state index contributed by atoms with van der Waals surface area (Å²) in [6.07, 6.45) is 0. The second kappa shape index (κ2) is 6.54. The highest BCUT2D eigenvalue weighted by molar-refractivity contribution is 7.80. The van der Waals surface area contributed by atoms with E-state index in [4.69, 9.17) is 27.4 Å². The summed E-state index contributed by atoms with van der Waals surface area (Å²) in [5.74, 6) is 1.03. The van der Waals surface area contributed by atoms with Crippen LogP contribution in [-0.2, 0) is 6.61 Å². The first kappa shape index (κ1) is 15.3. The summed E-state index contributed by atoms with van der Waals surface area (Å²) < 4.78 is 24.1. The van der Waals surface area contributed by atoms with Gasteiger partial charge in [-0.1, -0.05) is 12.2 Å². The highest BCUT2D eigenvalue weighted by atomic mass is 32.1. The Morgan fingerprint density at radius 1 is 1.19 bits per heavy atom. The van der Waals surface area contributed by atoms with E-state index in [2.05, 4.69) is 0 Å². The van der Waals surface area contributed by atoms with Crippen LogP contribution in [0.2, 0.25) is 0 Å². The van der Waals surface area contributed by atoms with Gasteiger partial charge in [-0.15, -0.1) is 0 Å². The Morgan fingerprint density at radius 3 is 2.52 bits per heavy atom. The molecule has 0 unspecified atom stereocenters. The molecule has 0 spiro atoms. The van der Waals surface area contributed by atoms with Gasteiger partial charge in [0, 0.05) is 11.1 Å². The van der Waals surface area contributed by atoms with Gasteiger partial charge in [0.15, 0.2) is 0 Å². The van der Waals surface area contributed by atoms with Crippen LogP contribution in [0, 0.1) is 12.7 Å². The monoisotopic (exact) mass is 305 g/mol. The molecule has 0 atom stereocenters. The van der Waals surface area contributed by atoms with Crippen molar-refractivity contribution in [3.05, 3.63) is 58.9 Å². The van der Waals surface area contributed by atoms with Crippen molar-refractivity contribution in [2.75, 3.05) is 7.11 Å². The van der Waals surface area contributed by atoms with E-state index in [1.807, 2.05) is 6.07 Å². The SMILES string of the molecule is COc1ccc(C(N)=S)cc1COc1ccc(F)cc1C. The van der Waals surface area contributed by atoms with Crippen LogP contribution in [0.25, 0.3) is 0 Å². The third-order valence-electron chi connectivity index (χ3n) is 3.09. The third-order valence-corrected chi connectivity index (χ3v) is 3.32. The minimum Gasteiger partial charge on any atom is -0.496 e. The van der Waals surface area contributed by atoms with Crippen molar-refractivity contribution in [2.24, 2.45) is 5.73 Å². The van der Waals surface area contributed by atoms with Gasteiger partial charge in [0.2, 0.25) is 0 Å². The topological polar surface area (TPSA) is 44.5 Å². The van der Waals surface area contributed by atoms with Gasteiger partial charge in [0.05, 0.1) is 7.11 Å². The molecule has 2 N–H and O–H groups in total. The summed E-state index contributed by atoms with van der Waals surface area (Å²) in [6, 6.07) is 9.83. The summed E-state index contributed by atoms with van der Waals surface area (Å²) in [5.41, 5.74) is 7.94. The fourth-order valence-corrected chi connectivity index (χ4v) is 2.10. The number of aryl methyl sites for hydroxylation is 1. The first-order chi connectivity index (χ1) is 10.0. The molecule has 0 amide bonds. The van der Waals surface area contributed by atoms with Crippen LogP contribution >= 0.6 is 12.2 Å². The average Bonchev–Trinajstić information content (AvgIpc) is 2.46. The molecule has 0 bridgehead atoms. The number of thiocarbonyl (C=S) groups is 1. The Kier molecular flexibility index (Phi) is 4.75. The smallest absolute Gasteiger partial charge is 0.125 e. The van der Waals surface area contributed by atoms with Crippen LogP contribution in [0.5, 0.6) is 11.5 Å². The lowest BCUT2D eigenvalue weighted by Gasteiger charge is -2.13. The Bertz CT molecular complexity index is 673. The summed E-state index contributed by atoms with van der Waals surface area (Å²) in [5, 5.41) is 0. The molecule has 2 aromatic carbocycles. The summed E-state index contributed by atoms with van der Waals surface area (Å²) >= 11 is 4.97. The highest BCUT2D eigenvalue weighted by Gasteiger charge is 2.08. The number of hydrogen-bond donors (Lipinski definition) is 1. The molecule has 0 saturated carbocycles. The average molecular weight is 305 g/mol. The predicted octanol–water partition coefficient (Wildman–Crippen LogP) is 3.36. The third kappa shape index (κ3) is 3.70. The molecular weight excluding hydrogens is 289 g/mol. The highest BCUT2D eigenvalue weighted by Crippen LogP contribution is 2.24. The summed E-state index contributed by atoms with van der Waals surface area (Å²) in [7, 11) is 1.59. The minimum atomic E-state index is -0.284. The number of ether oxygens (including phenoxy) is 2. The van der Waals surface area contributed by atoms with Gasteiger partial charge >= 0.3 is 0 Å². The lowest BCUT2D eigenvalue weighted by molar-refractivity contribution is 0.294. The Hall–Kier alpha value is -2.14. The molecule has 0 fully saturated rings. The molecule has 5 heteroatoms. The molecule has 2 aromatic rings. The van der Waals surface area contributed by atoms with E-state index in [0.717, 1.165) is 16.7 Å². The number of rotatable bonds is 5.